The van der Waals surface area contributed by atoms with Gasteiger partial charge in [0.05, 0.1) is 5.02 Å². The van der Waals surface area contributed by atoms with Crippen LogP contribution < -0.4 is 0 Å². The number of carboxylic acid groups (broad SMARTS) is 1. The number of carboxylic acids is 1. The van der Waals surface area contributed by atoms with Gasteiger partial charge in [0.15, 0.2) is 0 Å². The normalized spacial score (nSPS) is 20.2. The third-order valence-electron chi connectivity index (χ3n) is 3.38. The van der Waals surface area contributed by atoms with Crippen LogP contribution in [0.3, 0.4) is 0 Å². The number of hydrogen-bond acceptors (Lipinski definition) is 3. The van der Waals surface area contributed by atoms with Crippen molar-refractivity contribution in [2.24, 2.45) is 5.92 Å². The van der Waals surface area contributed by atoms with Gasteiger partial charge in [-0.2, -0.15) is 4.31 Å². The minimum absolute atomic E-state index is 0.0609. The Balaban J connectivity index is 2.30. The van der Waals surface area contributed by atoms with Crippen molar-refractivity contribution >= 4 is 33.7 Å². The standard InChI is InChI=1S/C14H16ClNO4S/c1-10-6-7-16(9-10)21(19,20)13-4-2-11(8-12(13)15)3-5-14(17)18/h2-5,8,10H,6-7,9H2,1H3,(H,17,18). The molecule has 0 aliphatic carbocycles. The van der Waals surface area contributed by atoms with Gasteiger partial charge in [0.2, 0.25) is 10.0 Å². The molecule has 21 heavy (non-hydrogen) atoms. The predicted molar refractivity (Wildman–Crippen MR) is 80.7 cm³/mol. The highest BCUT2D eigenvalue weighted by Gasteiger charge is 2.31. The largest absolute Gasteiger partial charge is 0.478 e. The Kier molecular flexibility index (Phi) is 4.70. The van der Waals surface area contributed by atoms with Crippen LogP contribution in [0, 0.1) is 5.92 Å². The molecule has 0 amide bonds. The zero-order chi connectivity index (χ0) is 15.6. The van der Waals surface area contributed by atoms with E-state index in [1.165, 1.54) is 28.6 Å². The van der Waals surface area contributed by atoms with E-state index >= 15 is 0 Å². The van der Waals surface area contributed by atoms with Gasteiger partial charge in [0, 0.05) is 19.2 Å². The van der Waals surface area contributed by atoms with Crippen LogP contribution in [-0.4, -0.2) is 36.9 Å². The van der Waals surface area contributed by atoms with Gasteiger partial charge in [-0.3, -0.25) is 0 Å². The summed E-state index contributed by atoms with van der Waals surface area (Å²) >= 11 is 6.06. The van der Waals surface area contributed by atoms with Crippen molar-refractivity contribution < 1.29 is 18.3 Å². The van der Waals surface area contributed by atoms with Crippen LogP contribution in [0.1, 0.15) is 18.9 Å². The van der Waals surface area contributed by atoms with Crippen LogP contribution >= 0.6 is 11.6 Å². The van der Waals surface area contributed by atoms with Crippen molar-refractivity contribution in [3.63, 3.8) is 0 Å². The second-order valence-corrected chi connectivity index (χ2v) is 7.43. The molecule has 1 aliphatic heterocycles. The van der Waals surface area contributed by atoms with Crippen LogP contribution in [0.2, 0.25) is 5.02 Å². The highest BCUT2D eigenvalue weighted by Crippen LogP contribution is 2.29. The van der Waals surface area contributed by atoms with Crippen LogP contribution in [-0.2, 0) is 14.8 Å². The van der Waals surface area contributed by atoms with Gasteiger partial charge in [0.25, 0.3) is 0 Å². The highest BCUT2D eigenvalue weighted by atomic mass is 35.5. The monoisotopic (exact) mass is 329 g/mol. The molecule has 1 aromatic carbocycles. The number of hydrogen-bond donors (Lipinski definition) is 1. The van der Waals surface area contributed by atoms with Gasteiger partial charge in [-0.25, -0.2) is 13.2 Å². The van der Waals surface area contributed by atoms with E-state index in [0.29, 0.717) is 24.6 Å². The summed E-state index contributed by atoms with van der Waals surface area (Å²) in [4.78, 5) is 10.5. The molecule has 1 atom stereocenters. The molecule has 0 radical (unpaired) electrons. The second kappa shape index (κ2) is 6.17. The molecule has 0 spiro atoms. The molecular weight excluding hydrogens is 314 g/mol. The minimum Gasteiger partial charge on any atom is -0.478 e. The maximum Gasteiger partial charge on any atom is 0.328 e. The van der Waals surface area contributed by atoms with Crippen molar-refractivity contribution in [2.45, 2.75) is 18.2 Å². The molecule has 1 heterocycles. The molecule has 1 aromatic rings. The average Bonchev–Trinajstić information content (AvgIpc) is 2.83. The molecule has 1 fully saturated rings. The number of benzene rings is 1. The fraction of sp³-hybridized carbons (Fsp3) is 0.357. The van der Waals surface area contributed by atoms with E-state index in [4.69, 9.17) is 16.7 Å². The summed E-state index contributed by atoms with van der Waals surface area (Å²) in [5.74, 6) is -0.731. The van der Waals surface area contributed by atoms with Crippen molar-refractivity contribution in [3.8, 4) is 0 Å². The van der Waals surface area contributed by atoms with Crippen molar-refractivity contribution in [2.75, 3.05) is 13.1 Å². The van der Waals surface area contributed by atoms with Crippen molar-refractivity contribution in [1.29, 1.82) is 0 Å². The van der Waals surface area contributed by atoms with E-state index in [0.717, 1.165) is 12.5 Å². The summed E-state index contributed by atoms with van der Waals surface area (Å²) in [5, 5.41) is 8.67. The summed E-state index contributed by atoms with van der Waals surface area (Å²) in [6, 6.07) is 4.41. The molecule has 7 heteroatoms. The average molecular weight is 330 g/mol. The number of aliphatic carboxylic acids is 1. The summed E-state index contributed by atoms with van der Waals surface area (Å²) in [6.45, 7) is 3.01. The van der Waals surface area contributed by atoms with Crippen molar-refractivity contribution in [3.05, 3.63) is 34.9 Å². The third kappa shape index (κ3) is 3.64. The first-order chi connectivity index (χ1) is 9.80. The number of halogens is 1. The van der Waals surface area contributed by atoms with Gasteiger partial charge in [-0.05, 0) is 36.1 Å². The SMILES string of the molecule is CC1CCN(S(=O)(=O)c2ccc(C=CC(=O)O)cc2Cl)C1. The van der Waals surface area contributed by atoms with E-state index < -0.39 is 16.0 Å². The van der Waals surface area contributed by atoms with Gasteiger partial charge in [-0.1, -0.05) is 24.6 Å². The van der Waals surface area contributed by atoms with E-state index in [1.54, 1.807) is 0 Å². The molecule has 0 aromatic heterocycles. The van der Waals surface area contributed by atoms with Crippen LogP contribution in [0.25, 0.3) is 6.08 Å². The van der Waals surface area contributed by atoms with E-state index in [9.17, 15) is 13.2 Å². The lowest BCUT2D eigenvalue weighted by Gasteiger charge is -2.17. The molecular formula is C14H16ClNO4S. The Morgan fingerprint density at radius 2 is 2.19 bits per heavy atom. The van der Waals surface area contributed by atoms with Crippen LogP contribution in [0.15, 0.2) is 29.2 Å². The molecule has 2 rings (SSSR count). The highest BCUT2D eigenvalue weighted by molar-refractivity contribution is 7.89. The third-order valence-corrected chi connectivity index (χ3v) is 5.73. The Morgan fingerprint density at radius 3 is 2.71 bits per heavy atom. The molecule has 1 saturated heterocycles. The smallest absolute Gasteiger partial charge is 0.328 e. The maximum absolute atomic E-state index is 12.5. The number of carbonyl (C=O) groups is 1. The summed E-state index contributed by atoms with van der Waals surface area (Å²) in [5.41, 5.74) is 0.538. The first kappa shape index (κ1) is 16.0. The molecule has 1 N–H and O–H groups in total. The van der Waals surface area contributed by atoms with E-state index in [2.05, 4.69) is 0 Å². The zero-order valence-corrected chi connectivity index (χ0v) is 13.1. The summed E-state index contributed by atoms with van der Waals surface area (Å²) < 4.78 is 26.5. The number of sulfonamides is 1. The lowest BCUT2D eigenvalue weighted by molar-refractivity contribution is -0.131. The first-order valence-corrected chi connectivity index (χ1v) is 8.33. The first-order valence-electron chi connectivity index (χ1n) is 6.51. The van der Waals surface area contributed by atoms with Gasteiger partial charge in [0.1, 0.15) is 4.90 Å². The summed E-state index contributed by atoms with van der Waals surface area (Å²) in [6.07, 6.45) is 3.18. The molecule has 5 nitrogen and oxygen atoms in total. The molecule has 1 aliphatic rings. The fourth-order valence-corrected chi connectivity index (χ4v) is 4.35. The zero-order valence-electron chi connectivity index (χ0n) is 11.5. The van der Waals surface area contributed by atoms with Gasteiger partial charge < -0.3 is 5.11 Å². The van der Waals surface area contributed by atoms with E-state index in [-0.39, 0.29) is 9.92 Å². The maximum atomic E-state index is 12.5. The lowest BCUT2D eigenvalue weighted by Crippen LogP contribution is -2.28. The van der Waals surface area contributed by atoms with Crippen LogP contribution in [0.5, 0.6) is 0 Å². The van der Waals surface area contributed by atoms with Gasteiger partial charge in [-0.15, -0.1) is 0 Å². The Bertz CT molecular complexity index is 684. The van der Waals surface area contributed by atoms with Gasteiger partial charge >= 0.3 is 5.97 Å². The Labute approximate surface area is 128 Å². The quantitative estimate of drug-likeness (QED) is 0.861. The predicted octanol–water partition coefficient (Wildman–Crippen LogP) is 2.47. The number of nitrogens with zero attached hydrogens (tertiary/aromatic N) is 1. The molecule has 0 bridgehead atoms. The summed E-state index contributed by atoms with van der Waals surface area (Å²) in [7, 11) is -3.59. The Hall–Kier alpha value is -1.37. The minimum atomic E-state index is -3.59. The van der Waals surface area contributed by atoms with E-state index in [1.807, 2.05) is 6.92 Å². The molecule has 1 unspecified atom stereocenters. The number of rotatable bonds is 4. The lowest BCUT2D eigenvalue weighted by atomic mass is 10.2. The van der Waals surface area contributed by atoms with Crippen molar-refractivity contribution in [1.82, 2.24) is 4.31 Å². The molecule has 114 valence electrons. The fourth-order valence-electron chi connectivity index (χ4n) is 2.25. The Morgan fingerprint density at radius 1 is 1.48 bits per heavy atom. The topological polar surface area (TPSA) is 74.7 Å². The van der Waals surface area contributed by atoms with Crippen LogP contribution in [0.4, 0.5) is 0 Å². The molecule has 0 saturated carbocycles. The second-order valence-electron chi connectivity index (χ2n) is 5.12.